The van der Waals surface area contributed by atoms with Crippen molar-refractivity contribution in [1.29, 1.82) is 0 Å². The second kappa shape index (κ2) is 8.87. The Labute approximate surface area is 175 Å². The first kappa shape index (κ1) is 21.8. The Hall–Kier alpha value is -2.87. The highest BCUT2D eigenvalue weighted by Crippen LogP contribution is 2.34. The number of aryl methyl sites for hydroxylation is 2. The zero-order valence-electron chi connectivity index (χ0n) is 16.2. The van der Waals surface area contributed by atoms with Gasteiger partial charge >= 0.3 is 12.1 Å². The van der Waals surface area contributed by atoms with Crippen LogP contribution in [0.1, 0.15) is 22.5 Å². The third kappa shape index (κ3) is 5.38. The predicted molar refractivity (Wildman–Crippen MR) is 108 cm³/mol. The van der Waals surface area contributed by atoms with Gasteiger partial charge in [0.25, 0.3) is 0 Å². The first-order valence-electron chi connectivity index (χ1n) is 8.98. The fraction of sp³-hybridized carbons (Fsp3) is 0.227. The Bertz CT molecular complexity index is 1040. The van der Waals surface area contributed by atoms with Crippen LogP contribution in [-0.4, -0.2) is 17.7 Å². The summed E-state index contributed by atoms with van der Waals surface area (Å²) in [5.74, 6) is 1.27. The summed E-state index contributed by atoms with van der Waals surface area (Å²) in [6.45, 7) is 3.33. The van der Waals surface area contributed by atoms with Crippen molar-refractivity contribution >= 4 is 17.7 Å². The largest absolute Gasteiger partial charge is 0.482 e. The van der Waals surface area contributed by atoms with Crippen molar-refractivity contribution in [2.45, 2.75) is 30.7 Å². The second-order valence-electron chi connectivity index (χ2n) is 6.69. The summed E-state index contributed by atoms with van der Waals surface area (Å²) in [5.41, 5.74) is 1.62. The third-order valence-corrected chi connectivity index (χ3v) is 5.38. The predicted octanol–water partition coefficient (Wildman–Crippen LogP) is 6.34. The van der Waals surface area contributed by atoms with Crippen LogP contribution < -0.4 is 4.74 Å². The van der Waals surface area contributed by atoms with E-state index < -0.39 is 24.3 Å². The van der Waals surface area contributed by atoms with Crippen molar-refractivity contribution in [3.05, 3.63) is 71.0 Å². The molecule has 0 aliphatic rings. The lowest BCUT2D eigenvalue weighted by Gasteiger charge is -2.09. The van der Waals surface area contributed by atoms with E-state index in [1.54, 1.807) is 6.07 Å². The molecule has 0 spiro atoms. The van der Waals surface area contributed by atoms with Gasteiger partial charge in [-0.1, -0.05) is 12.1 Å². The van der Waals surface area contributed by atoms with E-state index in [1.807, 2.05) is 32.0 Å². The second-order valence-corrected chi connectivity index (χ2v) is 7.74. The zero-order valence-corrected chi connectivity index (χ0v) is 17.1. The number of benzene rings is 2. The minimum atomic E-state index is -4.37. The molecule has 158 valence electrons. The molecule has 0 radical (unpaired) electrons. The summed E-state index contributed by atoms with van der Waals surface area (Å²) in [6.07, 6.45) is -4.37. The van der Waals surface area contributed by atoms with E-state index in [0.29, 0.717) is 22.8 Å². The summed E-state index contributed by atoms with van der Waals surface area (Å²) >= 11 is 1.53. The van der Waals surface area contributed by atoms with E-state index >= 15 is 0 Å². The van der Waals surface area contributed by atoms with Gasteiger partial charge in [0.05, 0.1) is 11.3 Å². The molecule has 0 fully saturated rings. The summed E-state index contributed by atoms with van der Waals surface area (Å²) in [6, 6.07) is 12.2. The fourth-order valence-electron chi connectivity index (χ4n) is 2.79. The van der Waals surface area contributed by atoms with Crippen molar-refractivity contribution < 1.29 is 32.2 Å². The lowest BCUT2D eigenvalue weighted by molar-refractivity contribution is -0.139. The standard InChI is InChI=1S/C22H19F3O4S/c1-13-9-17(7-8-18(13)28-11-21(26)27)30-12-20-14(2)10-19(29-20)15-3-5-16(6-4-15)22(23,24)25/h3-10H,11-12H2,1-2H3,(H,26,27). The van der Waals surface area contributed by atoms with Crippen LogP contribution >= 0.6 is 11.8 Å². The van der Waals surface area contributed by atoms with Gasteiger partial charge in [-0.05, 0) is 61.4 Å². The van der Waals surface area contributed by atoms with Gasteiger partial charge in [0, 0.05) is 10.5 Å². The van der Waals surface area contributed by atoms with Crippen LogP contribution in [0.25, 0.3) is 11.3 Å². The number of hydrogen-bond donors (Lipinski definition) is 1. The molecule has 1 N–H and O–H groups in total. The number of alkyl halides is 3. The maximum atomic E-state index is 12.7. The van der Waals surface area contributed by atoms with Crippen molar-refractivity contribution in [2.75, 3.05) is 6.61 Å². The van der Waals surface area contributed by atoms with E-state index in [1.165, 1.54) is 23.9 Å². The number of halogens is 3. The minimum Gasteiger partial charge on any atom is -0.482 e. The number of aliphatic carboxylic acids is 1. The number of ether oxygens (including phenoxy) is 1. The van der Waals surface area contributed by atoms with Gasteiger partial charge in [-0.3, -0.25) is 0 Å². The van der Waals surface area contributed by atoms with Crippen molar-refractivity contribution in [3.8, 4) is 17.1 Å². The number of furan rings is 1. The van der Waals surface area contributed by atoms with Crippen LogP contribution in [0.3, 0.4) is 0 Å². The molecule has 2 aromatic carbocycles. The maximum absolute atomic E-state index is 12.7. The molecule has 8 heteroatoms. The van der Waals surface area contributed by atoms with Crippen LogP contribution in [0.4, 0.5) is 13.2 Å². The average Bonchev–Trinajstić information content (AvgIpc) is 3.05. The topological polar surface area (TPSA) is 59.7 Å². The first-order valence-corrected chi connectivity index (χ1v) is 9.97. The lowest BCUT2D eigenvalue weighted by Crippen LogP contribution is -2.09. The number of carbonyl (C=O) groups is 1. The van der Waals surface area contributed by atoms with Gasteiger partial charge < -0.3 is 14.3 Å². The Balaban J connectivity index is 1.68. The number of carboxylic acids is 1. The highest BCUT2D eigenvalue weighted by molar-refractivity contribution is 7.98. The fourth-order valence-corrected chi connectivity index (χ4v) is 3.80. The first-order chi connectivity index (χ1) is 14.1. The molecule has 0 atom stereocenters. The third-order valence-electron chi connectivity index (χ3n) is 4.38. The van der Waals surface area contributed by atoms with E-state index in [4.69, 9.17) is 14.3 Å². The van der Waals surface area contributed by atoms with Gasteiger partial charge in [0.2, 0.25) is 0 Å². The monoisotopic (exact) mass is 436 g/mol. The lowest BCUT2D eigenvalue weighted by atomic mass is 10.1. The Morgan fingerprint density at radius 2 is 1.77 bits per heavy atom. The number of hydrogen-bond acceptors (Lipinski definition) is 4. The highest BCUT2D eigenvalue weighted by atomic mass is 32.2. The molecule has 0 amide bonds. The van der Waals surface area contributed by atoms with E-state index in [9.17, 15) is 18.0 Å². The van der Waals surface area contributed by atoms with Gasteiger partial charge in [-0.2, -0.15) is 13.2 Å². The normalized spacial score (nSPS) is 11.5. The molecular formula is C22H19F3O4S. The van der Waals surface area contributed by atoms with Crippen LogP contribution in [0.15, 0.2) is 57.8 Å². The quantitative estimate of drug-likeness (QED) is 0.438. The Kier molecular flexibility index (Phi) is 6.45. The summed E-state index contributed by atoms with van der Waals surface area (Å²) in [7, 11) is 0. The molecule has 0 saturated carbocycles. The molecule has 0 saturated heterocycles. The summed E-state index contributed by atoms with van der Waals surface area (Å²) in [5, 5.41) is 8.70. The van der Waals surface area contributed by atoms with Crippen LogP contribution in [-0.2, 0) is 16.7 Å². The number of carboxylic acid groups (broad SMARTS) is 1. The van der Waals surface area contributed by atoms with Crippen molar-refractivity contribution in [2.24, 2.45) is 0 Å². The molecule has 0 bridgehead atoms. The van der Waals surface area contributed by atoms with Crippen LogP contribution in [0.5, 0.6) is 5.75 Å². The molecule has 0 unspecified atom stereocenters. The van der Waals surface area contributed by atoms with Crippen LogP contribution in [0, 0.1) is 13.8 Å². The average molecular weight is 436 g/mol. The zero-order chi connectivity index (χ0) is 21.9. The van der Waals surface area contributed by atoms with Crippen molar-refractivity contribution in [1.82, 2.24) is 0 Å². The molecule has 0 aliphatic heterocycles. The van der Waals surface area contributed by atoms with Crippen molar-refractivity contribution in [3.63, 3.8) is 0 Å². The van der Waals surface area contributed by atoms with Gasteiger partial charge in [0.1, 0.15) is 17.3 Å². The maximum Gasteiger partial charge on any atom is 0.416 e. The van der Waals surface area contributed by atoms with E-state index in [0.717, 1.165) is 33.9 Å². The van der Waals surface area contributed by atoms with E-state index in [2.05, 4.69) is 0 Å². The number of thioether (sulfide) groups is 1. The molecule has 3 aromatic rings. The molecule has 4 nitrogen and oxygen atoms in total. The minimum absolute atomic E-state index is 0.397. The molecule has 30 heavy (non-hydrogen) atoms. The smallest absolute Gasteiger partial charge is 0.416 e. The molecule has 3 rings (SSSR count). The Morgan fingerprint density at radius 3 is 2.37 bits per heavy atom. The Morgan fingerprint density at radius 1 is 1.07 bits per heavy atom. The summed E-state index contributed by atoms with van der Waals surface area (Å²) < 4.78 is 49.3. The molecule has 1 aromatic heterocycles. The van der Waals surface area contributed by atoms with Gasteiger partial charge in [-0.25, -0.2) is 4.79 Å². The molecular weight excluding hydrogens is 417 g/mol. The highest BCUT2D eigenvalue weighted by Gasteiger charge is 2.30. The summed E-state index contributed by atoms with van der Waals surface area (Å²) in [4.78, 5) is 11.6. The molecule has 1 heterocycles. The van der Waals surface area contributed by atoms with Crippen LogP contribution in [0.2, 0.25) is 0 Å². The number of rotatable bonds is 7. The molecule has 0 aliphatic carbocycles. The van der Waals surface area contributed by atoms with Gasteiger partial charge in [0.15, 0.2) is 6.61 Å². The van der Waals surface area contributed by atoms with E-state index in [-0.39, 0.29) is 0 Å². The van der Waals surface area contributed by atoms with Gasteiger partial charge in [-0.15, -0.1) is 11.8 Å². The SMILES string of the molecule is Cc1cc(SCc2oc(-c3ccc(C(F)(F)F)cc3)cc2C)ccc1OCC(=O)O.